The van der Waals surface area contributed by atoms with Crippen molar-refractivity contribution in [2.75, 3.05) is 31.6 Å². The largest absolute Gasteiger partial charge is 0.382 e. The van der Waals surface area contributed by atoms with Crippen LogP contribution in [-0.2, 0) is 9.53 Å². The summed E-state index contributed by atoms with van der Waals surface area (Å²) in [5, 5.41) is 5.59. The van der Waals surface area contributed by atoms with E-state index >= 15 is 0 Å². The molecule has 0 heterocycles. The van der Waals surface area contributed by atoms with Gasteiger partial charge in [-0.2, -0.15) is 0 Å². The van der Waals surface area contributed by atoms with Crippen LogP contribution >= 0.6 is 0 Å². The van der Waals surface area contributed by atoms with Crippen molar-refractivity contribution in [1.29, 1.82) is 0 Å². The van der Waals surface area contributed by atoms with E-state index in [0.29, 0.717) is 50.4 Å². The number of nitrogens with one attached hydrogen (secondary N) is 2. The van der Waals surface area contributed by atoms with Crippen molar-refractivity contribution in [2.24, 2.45) is 5.73 Å². The van der Waals surface area contributed by atoms with Gasteiger partial charge in [0, 0.05) is 37.4 Å². The summed E-state index contributed by atoms with van der Waals surface area (Å²) in [5.41, 5.74) is 6.51. The van der Waals surface area contributed by atoms with Gasteiger partial charge in [-0.05, 0) is 44.5 Å². The summed E-state index contributed by atoms with van der Waals surface area (Å²) in [6.45, 7) is 4.29. The van der Waals surface area contributed by atoms with Gasteiger partial charge in [0.2, 0.25) is 5.91 Å². The summed E-state index contributed by atoms with van der Waals surface area (Å²) >= 11 is 0. The Morgan fingerprint density at radius 1 is 1.27 bits per heavy atom. The van der Waals surface area contributed by atoms with E-state index < -0.39 is 0 Å². The summed E-state index contributed by atoms with van der Waals surface area (Å²) in [5.74, 6) is -0.255. The molecule has 0 saturated heterocycles. The molecule has 1 aromatic rings. The van der Waals surface area contributed by atoms with Crippen LogP contribution in [0.25, 0.3) is 0 Å². The van der Waals surface area contributed by atoms with Gasteiger partial charge >= 0.3 is 0 Å². The van der Waals surface area contributed by atoms with Gasteiger partial charge < -0.3 is 21.1 Å². The molecule has 0 aromatic heterocycles. The van der Waals surface area contributed by atoms with E-state index in [0.717, 1.165) is 6.42 Å². The maximum Gasteiger partial charge on any atom is 0.251 e. The lowest BCUT2D eigenvalue weighted by molar-refractivity contribution is -0.116. The van der Waals surface area contributed by atoms with E-state index in [9.17, 15) is 9.59 Å². The van der Waals surface area contributed by atoms with Crippen molar-refractivity contribution >= 4 is 17.5 Å². The zero-order chi connectivity index (χ0) is 16.2. The number of anilines is 1. The van der Waals surface area contributed by atoms with Crippen LogP contribution in [0.3, 0.4) is 0 Å². The van der Waals surface area contributed by atoms with Crippen LogP contribution in [-0.4, -0.2) is 38.1 Å². The number of carbonyl (C=O) groups excluding carboxylic acids is 2. The molecule has 0 saturated carbocycles. The molecule has 1 aromatic carbocycles. The third-order valence-electron chi connectivity index (χ3n) is 2.97. The maximum absolute atomic E-state index is 12.0. The number of carbonyl (C=O) groups is 2. The Morgan fingerprint density at radius 2 is 2.09 bits per heavy atom. The minimum absolute atomic E-state index is 0.0975. The van der Waals surface area contributed by atoms with Crippen LogP contribution in [0.5, 0.6) is 0 Å². The first-order valence-corrected chi connectivity index (χ1v) is 7.63. The number of hydrogen-bond donors (Lipinski definition) is 3. The number of benzene rings is 1. The third-order valence-corrected chi connectivity index (χ3v) is 2.97. The highest BCUT2D eigenvalue weighted by Gasteiger charge is 2.07. The number of ether oxygens (including phenoxy) is 1. The lowest BCUT2D eigenvalue weighted by Gasteiger charge is -2.08. The van der Waals surface area contributed by atoms with Crippen LogP contribution in [0.4, 0.5) is 5.69 Å². The average molecular weight is 307 g/mol. The highest BCUT2D eigenvalue weighted by Crippen LogP contribution is 2.11. The number of amides is 2. The first-order chi connectivity index (χ1) is 10.7. The van der Waals surface area contributed by atoms with E-state index in [4.69, 9.17) is 10.5 Å². The Bertz CT molecular complexity index is 477. The molecule has 22 heavy (non-hydrogen) atoms. The number of rotatable bonds is 10. The molecular weight excluding hydrogens is 282 g/mol. The molecule has 0 bridgehead atoms. The lowest BCUT2D eigenvalue weighted by Crippen LogP contribution is -2.25. The number of hydrogen-bond acceptors (Lipinski definition) is 4. The molecule has 0 spiro atoms. The normalized spacial score (nSPS) is 10.3. The molecule has 0 unspecified atom stereocenters. The van der Waals surface area contributed by atoms with Crippen molar-refractivity contribution in [3.63, 3.8) is 0 Å². The van der Waals surface area contributed by atoms with Gasteiger partial charge in [0.25, 0.3) is 5.91 Å². The van der Waals surface area contributed by atoms with E-state index in [-0.39, 0.29) is 11.8 Å². The van der Waals surface area contributed by atoms with E-state index in [1.54, 1.807) is 24.3 Å². The lowest BCUT2D eigenvalue weighted by atomic mass is 10.2. The molecule has 122 valence electrons. The average Bonchev–Trinajstić information content (AvgIpc) is 2.52. The van der Waals surface area contributed by atoms with Gasteiger partial charge in [0.15, 0.2) is 0 Å². The highest BCUT2D eigenvalue weighted by molar-refractivity contribution is 5.97. The Morgan fingerprint density at radius 3 is 2.82 bits per heavy atom. The molecule has 2 amide bonds. The Hall–Kier alpha value is -1.92. The zero-order valence-corrected chi connectivity index (χ0v) is 13.1. The fourth-order valence-corrected chi connectivity index (χ4v) is 1.85. The minimum atomic E-state index is -0.158. The maximum atomic E-state index is 12.0. The molecule has 4 N–H and O–H groups in total. The van der Waals surface area contributed by atoms with Crippen LogP contribution in [0.15, 0.2) is 24.3 Å². The van der Waals surface area contributed by atoms with E-state index in [1.807, 2.05) is 6.92 Å². The summed E-state index contributed by atoms with van der Waals surface area (Å²) < 4.78 is 5.21. The minimum Gasteiger partial charge on any atom is -0.382 e. The molecule has 0 fully saturated rings. The topological polar surface area (TPSA) is 93.5 Å². The van der Waals surface area contributed by atoms with Crippen LogP contribution in [0.2, 0.25) is 0 Å². The summed E-state index contributed by atoms with van der Waals surface area (Å²) in [6, 6.07) is 6.88. The second-order valence-corrected chi connectivity index (χ2v) is 4.83. The predicted molar refractivity (Wildman–Crippen MR) is 86.8 cm³/mol. The Kier molecular flexibility index (Phi) is 8.86. The van der Waals surface area contributed by atoms with Crippen molar-refractivity contribution in [3.8, 4) is 0 Å². The standard InChI is InChI=1S/C16H25N3O3/c1-2-22-11-5-10-18-16(21)13-6-3-7-14(12-13)19-15(20)8-4-9-17/h3,6-7,12H,2,4-5,8-11,17H2,1H3,(H,18,21)(H,19,20). The van der Waals surface area contributed by atoms with E-state index in [1.165, 1.54) is 0 Å². The second-order valence-electron chi connectivity index (χ2n) is 4.83. The van der Waals surface area contributed by atoms with Crippen LogP contribution < -0.4 is 16.4 Å². The van der Waals surface area contributed by atoms with Gasteiger partial charge in [-0.3, -0.25) is 9.59 Å². The molecular formula is C16H25N3O3. The van der Waals surface area contributed by atoms with Crippen molar-refractivity contribution in [2.45, 2.75) is 26.2 Å². The first-order valence-electron chi connectivity index (χ1n) is 7.63. The summed E-state index contributed by atoms with van der Waals surface area (Å²) in [6.07, 6.45) is 1.80. The quantitative estimate of drug-likeness (QED) is 0.571. The molecule has 0 radical (unpaired) electrons. The van der Waals surface area contributed by atoms with E-state index in [2.05, 4.69) is 10.6 Å². The van der Waals surface area contributed by atoms with Gasteiger partial charge in [-0.25, -0.2) is 0 Å². The SMILES string of the molecule is CCOCCCNC(=O)c1cccc(NC(=O)CCCN)c1. The van der Waals surface area contributed by atoms with Crippen LogP contribution in [0.1, 0.15) is 36.5 Å². The molecule has 1 rings (SSSR count). The Balaban J connectivity index is 2.45. The highest BCUT2D eigenvalue weighted by atomic mass is 16.5. The van der Waals surface area contributed by atoms with Crippen LogP contribution in [0, 0.1) is 0 Å². The third kappa shape index (κ3) is 7.19. The number of nitrogens with two attached hydrogens (primary N) is 1. The molecule has 0 aliphatic rings. The molecule has 6 heteroatoms. The summed E-state index contributed by atoms with van der Waals surface area (Å²) in [4.78, 5) is 23.7. The van der Waals surface area contributed by atoms with Crippen molar-refractivity contribution in [3.05, 3.63) is 29.8 Å². The monoisotopic (exact) mass is 307 g/mol. The predicted octanol–water partition coefficient (Wildman–Crippen LogP) is 1.52. The van der Waals surface area contributed by atoms with Gasteiger partial charge in [0.05, 0.1) is 0 Å². The molecule has 0 aliphatic carbocycles. The second kappa shape index (κ2) is 10.8. The molecule has 6 nitrogen and oxygen atoms in total. The Labute approximate surface area is 131 Å². The fourth-order valence-electron chi connectivity index (χ4n) is 1.85. The van der Waals surface area contributed by atoms with Crippen molar-refractivity contribution in [1.82, 2.24) is 5.32 Å². The van der Waals surface area contributed by atoms with Gasteiger partial charge in [-0.15, -0.1) is 0 Å². The molecule has 0 aliphatic heterocycles. The first kappa shape index (κ1) is 18.1. The van der Waals surface area contributed by atoms with Gasteiger partial charge in [-0.1, -0.05) is 6.07 Å². The summed E-state index contributed by atoms with van der Waals surface area (Å²) in [7, 11) is 0. The fraction of sp³-hybridized carbons (Fsp3) is 0.500. The van der Waals surface area contributed by atoms with Crippen molar-refractivity contribution < 1.29 is 14.3 Å². The smallest absolute Gasteiger partial charge is 0.251 e. The van der Waals surface area contributed by atoms with Gasteiger partial charge in [0.1, 0.15) is 0 Å². The zero-order valence-electron chi connectivity index (χ0n) is 13.1. The molecule has 0 atom stereocenters.